The molecule has 9 heteroatoms. The summed E-state index contributed by atoms with van der Waals surface area (Å²) in [6.45, 7) is 3.69. The molecule has 1 N–H and O–H groups in total. The Balaban J connectivity index is 1.26. The lowest BCUT2D eigenvalue weighted by atomic mass is 10.1. The second-order valence-electron chi connectivity index (χ2n) is 9.07. The molecule has 1 saturated heterocycles. The highest BCUT2D eigenvalue weighted by Gasteiger charge is 2.40. The van der Waals surface area contributed by atoms with Crippen LogP contribution in [0.3, 0.4) is 0 Å². The summed E-state index contributed by atoms with van der Waals surface area (Å²) >= 11 is 6.29. The van der Waals surface area contributed by atoms with Gasteiger partial charge in [-0.05, 0) is 35.9 Å². The number of hydrogen-bond donors (Lipinski definition) is 1. The Bertz CT molecular complexity index is 1400. The Labute approximate surface area is 226 Å². The number of piperazine rings is 1. The normalized spacial score (nSPS) is 16.3. The van der Waals surface area contributed by atoms with Gasteiger partial charge in [-0.1, -0.05) is 60.1 Å². The quantitative estimate of drug-likeness (QED) is 0.463. The summed E-state index contributed by atoms with van der Waals surface area (Å²) in [4.78, 5) is 44.4. The second kappa shape index (κ2) is 11.1. The molecule has 2 heterocycles. The molecule has 1 fully saturated rings. The zero-order valence-corrected chi connectivity index (χ0v) is 21.6. The van der Waals surface area contributed by atoms with Crippen LogP contribution in [-0.4, -0.2) is 60.8 Å². The molecule has 8 nitrogen and oxygen atoms in total. The van der Waals surface area contributed by atoms with Gasteiger partial charge in [0.2, 0.25) is 0 Å². The molecule has 0 unspecified atom stereocenters. The predicted molar refractivity (Wildman–Crippen MR) is 146 cm³/mol. The highest BCUT2D eigenvalue weighted by molar-refractivity contribution is 6.53. The first-order chi connectivity index (χ1) is 18.5. The Hall–Kier alpha value is -4.14. The molecule has 2 aliphatic heterocycles. The number of anilines is 2. The molecule has 0 aromatic heterocycles. The van der Waals surface area contributed by atoms with Crippen molar-refractivity contribution in [2.24, 2.45) is 0 Å². The van der Waals surface area contributed by atoms with Crippen LogP contribution in [0.25, 0.3) is 0 Å². The Morgan fingerprint density at radius 3 is 2.34 bits per heavy atom. The van der Waals surface area contributed by atoms with Gasteiger partial charge in [-0.15, -0.1) is 0 Å². The molecule has 5 rings (SSSR count). The van der Waals surface area contributed by atoms with Crippen molar-refractivity contribution in [2.45, 2.75) is 6.54 Å². The standard InChI is InChI=1S/C29H27ClN4O4/c1-38-24-13-6-5-12-23(24)34-28(36)25(30)26(29(34)37)31-22-11-7-10-21(18-22)27(35)33-16-14-32(15-17-33)19-20-8-3-2-4-9-20/h2-13,18,31H,14-17,19H2,1H3. The smallest absolute Gasteiger partial charge is 0.283 e. The average molecular weight is 531 g/mol. The van der Waals surface area contributed by atoms with Crippen LogP contribution in [0.5, 0.6) is 5.75 Å². The largest absolute Gasteiger partial charge is 0.495 e. The molecule has 3 amide bonds. The monoisotopic (exact) mass is 530 g/mol. The summed E-state index contributed by atoms with van der Waals surface area (Å²) in [5, 5.41) is 2.73. The number of hydrogen-bond acceptors (Lipinski definition) is 6. The number of methoxy groups -OCH3 is 1. The molecule has 194 valence electrons. The van der Waals surface area contributed by atoms with Crippen molar-refractivity contribution in [2.75, 3.05) is 43.5 Å². The second-order valence-corrected chi connectivity index (χ2v) is 9.44. The van der Waals surface area contributed by atoms with E-state index in [1.165, 1.54) is 12.7 Å². The van der Waals surface area contributed by atoms with Crippen molar-refractivity contribution in [3.05, 3.63) is 101 Å². The minimum atomic E-state index is -0.649. The number of imide groups is 1. The van der Waals surface area contributed by atoms with Gasteiger partial charge in [-0.25, -0.2) is 4.90 Å². The number of rotatable bonds is 7. The van der Waals surface area contributed by atoms with Crippen molar-refractivity contribution < 1.29 is 19.1 Å². The van der Waals surface area contributed by atoms with Crippen molar-refractivity contribution in [3.63, 3.8) is 0 Å². The van der Waals surface area contributed by atoms with Gasteiger partial charge in [0.05, 0.1) is 12.8 Å². The number of nitrogens with one attached hydrogen (secondary N) is 1. The van der Waals surface area contributed by atoms with E-state index in [4.69, 9.17) is 16.3 Å². The van der Waals surface area contributed by atoms with Gasteiger partial charge in [-0.3, -0.25) is 19.3 Å². The fourth-order valence-corrected chi connectivity index (χ4v) is 4.86. The zero-order valence-electron chi connectivity index (χ0n) is 20.9. The number of halogens is 1. The summed E-state index contributed by atoms with van der Waals surface area (Å²) in [6.07, 6.45) is 0. The highest BCUT2D eigenvalue weighted by atomic mass is 35.5. The maximum absolute atomic E-state index is 13.2. The van der Waals surface area contributed by atoms with Crippen molar-refractivity contribution >= 4 is 40.7 Å². The number of ether oxygens (including phenoxy) is 1. The first kappa shape index (κ1) is 25.5. The molecule has 0 spiro atoms. The first-order valence-corrected chi connectivity index (χ1v) is 12.7. The van der Waals surface area contributed by atoms with Crippen molar-refractivity contribution in [3.8, 4) is 5.75 Å². The van der Waals surface area contributed by atoms with Gasteiger partial charge in [0.25, 0.3) is 17.7 Å². The molecule has 0 aliphatic carbocycles. The highest BCUT2D eigenvalue weighted by Crippen LogP contribution is 2.35. The Kier molecular flexibility index (Phi) is 7.44. The number of amides is 3. The Morgan fingerprint density at radius 1 is 0.895 bits per heavy atom. The lowest BCUT2D eigenvalue weighted by Gasteiger charge is -2.34. The minimum absolute atomic E-state index is 0.0540. The number of nitrogens with zero attached hydrogens (tertiary/aromatic N) is 3. The van der Waals surface area contributed by atoms with E-state index in [2.05, 4.69) is 22.3 Å². The van der Waals surface area contributed by atoms with E-state index in [-0.39, 0.29) is 16.6 Å². The fourth-order valence-electron chi connectivity index (χ4n) is 4.65. The van der Waals surface area contributed by atoms with E-state index in [0.717, 1.165) is 24.5 Å². The third-order valence-electron chi connectivity index (χ3n) is 6.64. The van der Waals surface area contributed by atoms with Gasteiger partial charge in [-0.2, -0.15) is 0 Å². The van der Waals surface area contributed by atoms with Gasteiger partial charge >= 0.3 is 0 Å². The van der Waals surface area contributed by atoms with Crippen LogP contribution < -0.4 is 15.0 Å². The maximum Gasteiger partial charge on any atom is 0.283 e. The summed E-state index contributed by atoms with van der Waals surface area (Å²) in [6, 6.07) is 23.9. The third kappa shape index (κ3) is 5.14. The number of para-hydroxylation sites is 2. The number of carbonyl (C=O) groups excluding carboxylic acids is 3. The number of benzene rings is 3. The van der Waals surface area contributed by atoms with E-state index in [1.807, 2.05) is 23.1 Å². The van der Waals surface area contributed by atoms with Crippen LogP contribution in [0.15, 0.2) is 89.6 Å². The van der Waals surface area contributed by atoms with E-state index >= 15 is 0 Å². The SMILES string of the molecule is COc1ccccc1N1C(=O)C(Cl)=C(Nc2cccc(C(=O)N3CCN(Cc4ccccc4)CC3)c2)C1=O. The van der Waals surface area contributed by atoms with E-state index in [1.54, 1.807) is 48.5 Å². The lowest BCUT2D eigenvalue weighted by Crippen LogP contribution is -2.48. The van der Waals surface area contributed by atoms with Crippen LogP contribution in [-0.2, 0) is 16.1 Å². The number of carbonyl (C=O) groups is 3. The van der Waals surface area contributed by atoms with Crippen LogP contribution >= 0.6 is 11.6 Å². The zero-order chi connectivity index (χ0) is 26.6. The topological polar surface area (TPSA) is 82.2 Å². The van der Waals surface area contributed by atoms with Gasteiger partial charge in [0, 0.05) is 44.0 Å². The van der Waals surface area contributed by atoms with Gasteiger partial charge in [0.15, 0.2) is 0 Å². The molecule has 2 aliphatic rings. The minimum Gasteiger partial charge on any atom is -0.495 e. The van der Waals surface area contributed by atoms with Crippen LogP contribution in [0.1, 0.15) is 15.9 Å². The molecular weight excluding hydrogens is 504 g/mol. The first-order valence-electron chi connectivity index (χ1n) is 12.3. The van der Waals surface area contributed by atoms with Gasteiger partial charge < -0.3 is 15.0 Å². The fraction of sp³-hybridized carbons (Fsp3) is 0.207. The van der Waals surface area contributed by atoms with E-state index in [0.29, 0.717) is 35.8 Å². The lowest BCUT2D eigenvalue weighted by molar-refractivity contribution is -0.120. The van der Waals surface area contributed by atoms with Crippen LogP contribution in [0.4, 0.5) is 11.4 Å². The summed E-state index contributed by atoms with van der Waals surface area (Å²) in [5.74, 6) is -0.964. The summed E-state index contributed by atoms with van der Waals surface area (Å²) < 4.78 is 5.31. The van der Waals surface area contributed by atoms with Crippen molar-refractivity contribution in [1.82, 2.24) is 9.80 Å². The van der Waals surface area contributed by atoms with E-state index in [9.17, 15) is 14.4 Å². The Morgan fingerprint density at radius 2 is 1.61 bits per heavy atom. The molecule has 38 heavy (non-hydrogen) atoms. The molecule has 3 aromatic carbocycles. The van der Waals surface area contributed by atoms with Crippen LogP contribution in [0.2, 0.25) is 0 Å². The third-order valence-corrected chi connectivity index (χ3v) is 6.99. The maximum atomic E-state index is 13.2. The average Bonchev–Trinajstić information content (AvgIpc) is 3.16. The molecule has 0 bridgehead atoms. The summed E-state index contributed by atoms with van der Waals surface area (Å²) in [5.41, 5.74) is 2.47. The van der Waals surface area contributed by atoms with E-state index < -0.39 is 11.8 Å². The van der Waals surface area contributed by atoms with Crippen molar-refractivity contribution in [1.29, 1.82) is 0 Å². The molecule has 0 saturated carbocycles. The molecular formula is C29H27ClN4O4. The molecule has 0 atom stereocenters. The molecule has 0 radical (unpaired) electrons. The summed E-state index contributed by atoms with van der Waals surface area (Å²) in [7, 11) is 1.46. The van der Waals surface area contributed by atoms with Gasteiger partial charge in [0.1, 0.15) is 16.5 Å². The van der Waals surface area contributed by atoms with Crippen LogP contribution in [0, 0.1) is 0 Å². The predicted octanol–water partition coefficient (Wildman–Crippen LogP) is 4.09. The molecule has 3 aromatic rings.